The predicted octanol–water partition coefficient (Wildman–Crippen LogP) is 2.80. The van der Waals surface area contributed by atoms with Gasteiger partial charge in [0.05, 0.1) is 22.4 Å². The van der Waals surface area contributed by atoms with Gasteiger partial charge in [0, 0.05) is 23.7 Å². The largest absolute Gasteiger partial charge is 0.301 e. The molecule has 3 nitrogen and oxygen atoms in total. The molecule has 0 aliphatic heterocycles. The minimum atomic E-state index is -0.962. The summed E-state index contributed by atoms with van der Waals surface area (Å²) in [5.74, 6) is 0.610. The molecule has 0 aliphatic rings. The van der Waals surface area contributed by atoms with Crippen LogP contribution in [0.2, 0.25) is 0 Å². The van der Waals surface area contributed by atoms with Gasteiger partial charge in [0.1, 0.15) is 0 Å². The fourth-order valence-electron chi connectivity index (χ4n) is 2.06. The van der Waals surface area contributed by atoms with Gasteiger partial charge in [-0.05, 0) is 36.9 Å². The molecule has 2 aromatic rings. The zero-order chi connectivity index (χ0) is 15.1. The van der Waals surface area contributed by atoms with Crippen LogP contribution in [0.1, 0.15) is 11.1 Å². The summed E-state index contributed by atoms with van der Waals surface area (Å²) in [6.45, 7) is 1.50. The minimum Gasteiger partial charge on any atom is -0.301 e. The summed E-state index contributed by atoms with van der Waals surface area (Å²) in [5, 5.41) is 8.89. The average Bonchev–Trinajstić information content (AvgIpc) is 2.53. The van der Waals surface area contributed by atoms with Crippen molar-refractivity contribution in [3.63, 3.8) is 0 Å². The highest BCUT2D eigenvalue weighted by molar-refractivity contribution is 7.85. The Kier molecular flexibility index (Phi) is 5.68. The van der Waals surface area contributed by atoms with Gasteiger partial charge in [0.2, 0.25) is 0 Å². The molecule has 0 aromatic heterocycles. The van der Waals surface area contributed by atoms with E-state index in [0.29, 0.717) is 11.3 Å². The lowest BCUT2D eigenvalue weighted by molar-refractivity contribution is 0.347. The van der Waals surface area contributed by atoms with Crippen molar-refractivity contribution in [1.29, 1.82) is 5.26 Å². The Bertz CT molecular complexity index is 649. The first-order valence-electron chi connectivity index (χ1n) is 6.80. The van der Waals surface area contributed by atoms with Gasteiger partial charge in [-0.25, -0.2) is 0 Å². The monoisotopic (exact) mass is 298 g/mol. The van der Waals surface area contributed by atoms with Crippen molar-refractivity contribution in [2.75, 3.05) is 19.3 Å². The van der Waals surface area contributed by atoms with E-state index >= 15 is 0 Å². The second-order valence-electron chi connectivity index (χ2n) is 4.91. The van der Waals surface area contributed by atoms with E-state index in [2.05, 4.69) is 11.0 Å². The fraction of sp³-hybridized carbons (Fsp3) is 0.235. The van der Waals surface area contributed by atoms with E-state index in [9.17, 15) is 4.21 Å². The van der Waals surface area contributed by atoms with Crippen molar-refractivity contribution in [2.24, 2.45) is 0 Å². The minimum absolute atomic E-state index is 0.610. The lowest BCUT2D eigenvalue weighted by Crippen LogP contribution is -2.23. The zero-order valence-electron chi connectivity index (χ0n) is 12.0. The highest BCUT2D eigenvalue weighted by Gasteiger charge is 2.06. The van der Waals surface area contributed by atoms with Crippen molar-refractivity contribution in [1.82, 2.24) is 4.90 Å². The molecule has 0 radical (unpaired) electrons. The topological polar surface area (TPSA) is 44.1 Å². The molecular formula is C17H18N2OS. The SMILES string of the molecule is CN(CCS(=O)c1ccccc1)Cc1cccc(C#N)c1. The zero-order valence-corrected chi connectivity index (χ0v) is 12.8. The second-order valence-corrected chi connectivity index (χ2v) is 6.48. The third-order valence-corrected chi connectivity index (χ3v) is 4.52. The maximum atomic E-state index is 12.1. The van der Waals surface area contributed by atoms with Gasteiger partial charge in [-0.2, -0.15) is 5.26 Å². The van der Waals surface area contributed by atoms with Crippen molar-refractivity contribution < 1.29 is 4.21 Å². The van der Waals surface area contributed by atoms with E-state index in [1.165, 1.54) is 0 Å². The highest BCUT2D eigenvalue weighted by Crippen LogP contribution is 2.08. The molecule has 2 aromatic carbocycles. The van der Waals surface area contributed by atoms with Crippen LogP contribution in [-0.4, -0.2) is 28.5 Å². The van der Waals surface area contributed by atoms with Crippen molar-refractivity contribution in [3.8, 4) is 6.07 Å². The average molecular weight is 298 g/mol. The fourth-order valence-corrected chi connectivity index (χ4v) is 3.23. The molecule has 0 heterocycles. The number of nitrogens with zero attached hydrogens (tertiary/aromatic N) is 2. The number of hydrogen-bond donors (Lipinski definition) is 0. The van der Waals surface area contributed by atoms with E-state index in [1.54, 1.807) is 6.07 Å². The van der Waals surface area contributed by atoms with Crippen LogP contribution in [-0.2, 0) is 17.3 Å². The van der Waals surface area contributed by atoms with Crippen LogP contribution in [0.5, 0.6) is 0 Å². The molecule has 4 heteroatoms. The molecule has 0 saturated carbocycles. The summed E-state index contributed by atoms with van der Waals surface area (Å²) < 4.78 is 12.1. The standard InChI is InChI=1S/C17H18N2OS/c1-19(14-16-7-5-6-15(12-16)13-18)10-11-21(20)17-8-3-2-4-9-17/h2-9,12H,10-11,14H2,1H3. The van der Waals surface area contributed by atoms with Crippen LogP contribution in [0.25, 0.3) is 0 Å². The molecule has 0 bridgehead atoms. The first-order valence-corrected chi connectivity index (χ1v) is 8.12. The predicted molar refractivity (Wildman–Crippen MR) is 85.2 cm³/mol. The Hall–Kier alpha value is -1.96. The summed E-state index contributed by atoms with van der Waals surface area (Å²) in [6, 6.07) is 19.3. The first kappa shape index (κ1) is 15.4. The molecule has 1 atom stereocenters. The van der Waals surface area contributed by atoms with Gasteiger partial charge in [-0.1, -0.05) is 30.3 Å². The van der Waals surface area contributed by atoms with Gasteiger partial charge in [-0.15, -0.1) is 0 Å². The molecule has 1 unspecified atom stereocenters. The van der Waals surface area contributed by atoms with E-state index in [1.807, 2.05) is 55.6 Å². The van der Waals surface area contributed by atoms with Gasteiger partial charge in [0.15, 0.2) is 0 Å². The van der Waals surface area contributed by atoms with Crippen molar-refractivity contribution in [3.05, 3.63) is 65.7 Å². The molecular weight excluding hydrogens is 280 g/mol. The Balaban J connectivity index is 1.86. The number of benzene rings is 2. The molecule has 0 N–H and O–H groups in total. The molecule has 0 fully saturated rings. The van der Waals surface area contributed by atoms with Crippen molar-refractivity contribution in [2.45, 2.75) is 11.4 Å². The number of nitriles is 1. The first-order chi connectivity index (χ1) is 10.2. The smallest absolute Gasteiger partial charge is 0.0991 e. The number of hydrogen-bond acceptors (Lipinski definition) is 3. The van der Waals surface area contributed by atoms with E-state index in [-0.39, 0.29) is 0 Å². The van der Waals surface area contributed by atoms with Gasteiger partial charge in [-0.3, -0.25) is 4.21 Å². The maximum absolute atomic E-state index is 12.1. The normalized spacial score (nSPS) is 12.0. The summed E-state index contributed by atoms with van der Waals surface area (Å²) in [5.41, 5.74) is 1.77. The molecule has 108 valence electrons. The Labute approximate surface area is 128 Å². The maximum Gasteiger partial charge on any atom is 0.0991 e. The van der Waals surface area contributed by atoms with Gasteiger partial charge < -0.3 is 4.90 Å². The third-order valence-electron chi connectivity index (χ3n) is 3.17. The van der Waals surface area contributed by atoms with E-state index in [4.69, 9.17) is 5.26 Å². The van der Waals surface area contributed by atoms with Crippen LogP contribution < -0.4 is 0 Å². The van der Waals surface area contributed by atoms with Crippen LogP contribution in [0.3, 0.4) is 0 Å². The summed E-state index contributed by atoms with van der Waals surface area (Å²) in [4.78, 5) is 2.99. The third kappa shape index (κ3) is 4.82. The summed E-state index contributed by atoms with van der Waals surface area (Å²) in [6.07, 6.45) is 0. The number of rotatable bonds is 6. The van der Waals surface area contributed by atoms with Crippen LogP contribution in [0.15, 0.2) is 59.5 Å². The Morgan fingerprint density at radius 3 is 2.62 bits per heavy atom. The van der Waals surface area contributed by atoms with Crippen LogP contribution in [0, 0.1) is 11.3 Å². The molecule has 2 rings (SSSR count). The van der Waals surface area contributed by atoms with Gasteiger partial charge >= 0.3 is 0 Å². The second kappa shape index (κ2) is 7.72. The molecule has 0 amide bonds. The van der Waals surface area contributed by atoms with Crippen LogP contribution in [0.4, 0.5) is 0 Å². The van der Waals surface area contributed by atoms with Gasteiger partial charge in [0.25, 0.3) is 0 Å². The molecule has 0 spiro atoms. The van der Waals surface area contributed by atoms with Crippen LogP contribution >= 0.6 is 0 Å². The van der Waals surface area contributed by atoms with E-state index < -0.39 is 10.8 Å². The molecule has 21 heavy (non-hydrogen) atoms. The highest BCUT2D eigenvalue weighted by atomic mass is 32.2. The van der Waals surface area contributed by atoms with Crippen molar-refractivity contribution >= 4 is 10.8 Å². The summed E-state index contributed by atoms with van der Waals surface area (Å²) >= 11 is 0. The lowest BCUT2D eigenvalue weighted by atomic mass is 10.1. The Morgan fingerprint density at radius 1 is 1.14 bits per heavy atom. The molecule has 0 saturated heterocycles. The summed E-state index contributed by atoms with van der Waals surface area (Å²) in [7, 11) is 1.04. The van der Waals surface area contributed by atoms with E-state index in [0.717, 1.165) is 23.5 Å². The Morgan fingerprint density at radius 2 is 1.90 bits per heavy atom. The molecule has 0 aliphatic carbocycles. The lowest BCUT2D eigenvalue weighted by Gasteiger charge is -2.16. The quantitative estimate of drug-likeness (QED) is 0.823.